The number of rotatable bonds is 3. The molecule has 0 spiro atoms. The van der Waals surface area contributed by atoms with Crippen molar-refractivity contribution in [1.82, 2.24) is 5.32 Å². The van der Waals surface area contributed by atoms with Crippen molar-refractivity contribution in [2.75, 3.05) is 13.7 Å². The second-order valence-corrected chi connectivity index (χ2v) is 3.05. The molecule has 0 bridgehead atoms. The number of likely N-dealkylation sites (N-methyl/N-ethyl adjacent to an activating group) is 1. The molecule has 0 saturated heterocycles. The number of halogens is 1. The van der Waals surface area contributed by atoms with Gasteiger partial charge in [-0.15, -0.1) is 0 Å². The maximum atomic E-state index is 13.3. The third-order valence-electron chi connectivity index (χ3n) is 2.06. The van der Waals surface area contributed by atoms with Crippen molar-refractivity contribution in [3.8, 4) is 0 Å². The van der Waals surface area contributed by atoms with Crippen LogP contribution in [0, 0.1) is 12.7 Å². The first-order chi connectivity index (χ1) is 6.19. The molecule has 0 radical (unpaired) electrons. The first kappa shape index (κ1) is 10.2. The lowest BCUT2D eigenvalue weighted by Crippen LogP contribution is -2.21. The van der Waals surface area contributed by atoms with E-state index in [2.05, 4.69) is 5.32 Å². The van der Waals surface area contributed by atoms with Gasteiger partial charge >= 0.3 is 0 Å². The summed E-state index contributed by atoms with van der Waals surface area (Å²) in [7, 11) is 1.69. The number of hydrogen-bond donors (Lipinski definition) is 2. The van der Waals surface area contributed by atoms with E-state index in [1.165, 1.54) is 6.07 Å². The van der Waals surface area contributed by atoms with E-state index in [1.54, 1.807) is 13.1 Å². The molecular weight excluding hydrogens is 169 g/mol. The number of nitrogens with one attached hydrogen (secondary N) is 1. The highest BCUT2D eigenvalue weighted by molar-refractivity contribution is 5.26. The lowest BCUT2D eigenvalue weighted by atomic mass is 10.1. The number of aliphatic hydroxyl groups excluding tert-OH is 1. The summed E-state index contributed by atoms with van der Waals surface area (Å²) in [4.78, 5) is 0. The highest BCUT2D eigenvalue weighted by Crippen LogP contribution is 2.17. The molecule has 0 aromatic heterocycles. The predicted octanol–water partition coefficient (Wildman–Crippen LogP) is 1.39. The van der Waals surface area contributed by atoms with E-state index in [4.69, 9.17) is 5.11 Å². The maximum absolute atomic E-state index is 13.3. The normalized spacial score (nSPS) is 12.9. The van der Waals surface area contributed by atoms with E-state index in [9.17, 15) is 4.39 Å². The lowest BCUT2D eigenvalue weighted by Gasteiger charge is -2.14. The Bertz CT molecular complexity index is 284. The zero-order valence-corrected chi connectivity index (χ0v) is 7.84. The van der Waals surface area contributed by atoms with Gasteiger partial charge in [0.25, 0.3) is 0 Å². The van der Waals surface area contributed by atoms with E-state index in [0.717, 1.165) is 5.56 Å². The highest BCUT2D eigenvalue weighted by atomic mass is 19.1. The smallest absolute Gasteiger partial charge is 0.128 e. The van der Waals surface area contributed by atoms with Crippen LogP contribution in [-0.2, 0) is 0 Å². The van der Waals surface area contributed by atoms with Crippen LogP contribution in [0.15, 0.2) is 18.2 Å². The van der Waals surface area contributed by atoms with Crippen molar-refractivity contribution in [1.29, 1.82) is 0 Å². The summed E-state index contributed by atoms with van der Waals surface area (Å²) < 4.78 is 13.3. The average Bonchev–Trinajstić information content (AvgIpc) is 2.10. The Morgan fingerprint density at radius 3 is 2.69 bits per heavy atom. The topological polar surface area (TPSA) is 32.3 Å². The first-order valence-electron chi connectivity index (χ1n) is 4.23. The van der Waals surface area contributed by atoms with Crippen LogP contribution in [-0.4, -0.2) is 18.8 Å². The molecule has 0 aliphatic carbocycles. The molecule has 72 valence electrons. The Hall–Kier alpha value is -0.930. The minimum absolute atomic E-state index is 0.101. The third-order valence-corrected chi connectivity index (χ3v) is 2.06. The fourth-order valence-electron chi connectivity index (χ4n) is 1.26. The third kappa shape index (κ3) is 2.26. The lowest BCUT2D eigenvalue weighted by molar-refractivity contribution is 0.248. The molecule has 1 rings (SSSR count). The molecular formula is C10H14FNO. The van der Waals surface area contributed by atoms with Crippen molar-refractivity contribution in [2.24, 2.45) is 0 Å². The van der Waals surface area contributed by atoms with E-state index < -0.39 is 0 Å². The summed E-state index contributed by atoms with van der Waals surface area (Å²) in [5.74, 6) is -0.270. The second-order valence-electron chi connectivity index (χ2n) is 3.05. The largest absolute Gasteiger partial charge is 0.394 e. The van der Waals surface area contributed by atoms with Crippen molar-refractivity contribution < 1.29 is 9.50 Å². The molecule has 3 heteroatoms. The van der Waals surface area contributed by atoms with Gasteiger partial charge in [0.2, 0.25) is 0 Å². The fraction of sp³-hybridized carbons (Fsp3) is 0.400. The predicted molar refractivity (Wildman–Crippen MR) is 50.0 cm³/mol. The van der Waals surface area contributed by atoms with Crippen LogP contribution < -0.4 is 5.32 Å². The quantitative estimate of drug-likeness (QED) is 0.742. The van der Waals surface area contributed by atoms with Crippen molar-refractivity contribution in [2.45, 2.75) is 13.0 Å². The molecule has 0 fully saturated rings. The van der Waals surface area contributed by atoms with Crippen LogP contribution in [0.5, 0.6) is 0 Å². The maximum Gasteiger partial charge on any atom is 0.128 e. The van der Waals surface area contributed by atoms with Gasteiger partial charge in [0.15, 0.2) is 0 Å². The van der Waals surface area contributed by atoms with Gasteiger partial charge in [0.05, 0.1) is 12.6 Å². The molecule has 0 unspecified atom stereocenters. The zero-order chi connectivity index (χ0) is 9.84. The molecule has 0 heterocycles. The standard InChI is InChI=1S/C10H14FNO/c1-7-3-4-8(9(11)5-7)10(6-13)12-2/h3-5,10,12-13H,6H2,1-2H3/t10-/m0/s1. The molecule has 0 saturated carbocycles. The van der Waals surface area contributed by atoms with Crippen molar-refractivity contribution in [3.63, 3.8) is 0 Å². The van der Waals surface area contributed by atoms with E-state index in [0.29, 0.717) is 5.56 Å². The Morgan fingerprint density at radius 2 is 2.23 bits per heavy atom. The van der Waals surface area contributed by atoms with Crippen LogP contribution in [0.25, 0.3) is 0 Å². The van der Waals surface area contributed by atoms with Crippen LogP contribution in [0.3, 0.4) is 0 Å². The minimum atomic E-state index is -0.319. The summed E-state index contributed by atoms with van der Waals surface area (Å²) in [6, 6.07) is 4.68. The van der Waals surface area contributed by atoms with Gasteiger partial charge < -0.3 is 10.4 Å². The minimum Gasteiger partial charge on any atom is -0.394 e. The first-order valence-corrected chi connectivity index (χ1v) is 4.23. The Balaban J connectivity index is 2.99. The molecule has 2 nitrogen and oxygen atoms in total. The van der Waals surface area contributed by atoms with Crippen molar-refractivity contribution >= 4 is 0 Å². The van der Waals surface area contributed by atoms with Crippen LogP contribution in [0.4, 0.5) is 4.39 Å². The molecule has 13 heavy (non-hydrogen) atoms. The molecule has 0 amide bonds. The fourth-order valence-corrected chi connectivity index (χ4v) is 1.26. The van der Waals surface area contributed by atoms with E-state index >= 15 is 0 Å². The SMILES string of the molecule is CN[C@@H](CO)c1ccc(C)cc1F. The molecule has 2 N–H and O–H groups in total. The molecule has 1 aromatic carbocycles. The van der Waals surface area contributed by atoms with Crippen LogP contribution in [0.1, 0.15) is 17.2 Å². The van der Waals surface area contributed by atoms with Gasteiger partial charge in [-0.2, -0.15) is 0 Å². The number of aryl methyl sites for hydroxylation is 1. The Morgan fingerprint density at radius 1 is 1.54 bits per heavy atom. The summed E-state index contributed by atoms with van der Waals surface area (Å²) in [5, 5.41) is 11.8. The number of hydrogen-bond acceptors (Lipinski definition) is 2. The zero-order valence-electron chi connectivity index (χ0n) is 7.84. The van der Waals surface area contributed by atoms with Gasteiger partial charge in [-0.25, -0.2) is 4.39 Å². The van der Waals surface area contributed by atoms with Gasteiger partial charge in [0, 0.05) is 5.56 Å². The van der Waals surface area contributed by atoms with Crippen LogP contribution in [0.2, 0.25) is 0 Å². The van der Waals surface area contributed by atoms with E-state index in [-0.39, 0.29) is 18.5 Å². The summed E-state index contributed by atoms with van der Waals surface area (Å²) in [6.07, 6.45) is 0. The molecule has 1 atom stereocenters. The van der Waals surface area contributed by atoms with Gasteiger partial charge in [-0.1, -0.05) is 12.1 Å². The monoisotopic (exact) mass is 183 g/mol. The number of aliphatic hydroxyl groups is 1. The summed E-state index contributed by atoms with van der Waals surface area (Å²) in [5.41, 5.74) is 1.39. The number of benzene rings is 1. The molecule has 0 aliphatic rings. The van der Waals surface area contributed by atoms with Crippen LogP contribution >= 0.6 is 0 Å². The van der Waals surface area contributed by atoms with Crippen molar-refractivity contribution in [3.05, 3.63) is 35.1 Å². The van der Waals surface area contributed by atoms with Gasteiger partial charge in [-0.3, -0.25) is 0 Å². The Kier molecular flexibility index (Phi) is 3.39. The average molecular weight is 183 g/mol. The molecule has 1 aromatic rings. The Labute approximate surface area is 77.4 Å². The second kappa shape index (κ2) is 4.35. The summed E-state index contributed by atoms with van der Waals surface area (Å²) >= 11 is 0. The summed E-state index contributed by atoms with van der Waals surface area (Å²) in [6.45, 7) is 1.73. The van der Waals surface area contributed by atoms with Gasteiger partial charge in [0.1, 0.15) is 5.82 Å². The van der Waals surface area contributed by atoms with Gasteiger partial charge in [-0.05, 0) is 25.6 Å². The van der Waals surface area contributed by atoms with E-state index in [1.807, 2.05) is 13.0 Å². The highest BCUT2D eigenvalue weighted by Gasteiger charge is 2.11. The molecule has 0 aliphatic heterocycles.